The maximum absolute atomic E-state index is 13.7. The summed E-state index contributed by atoms with van der Waals surface area (Å²) in [6, 6.07) is 14.6. The van der Waals surface area contributed by atoms with Gasteiger partial charge in [0.15, 0.2) is 0 Å². The molecule has 2 aromatic rings. The van der Waals surface area contributed by atoms with Crippen molar-refractivity contribution in [2.24, 2.45) is 5.92 Å². The van der Waals surface area contributed by atoms with Crippen molar-refractivity contribution in [1.82, 2.24) is 5.32 Å². The number of carbonyl (C=O) groups excluding carboxylic acids is 1. The zero-order valence-electron chi connectivity index (χ0n) is 19.5. The van der Waals surface area contributed by atoms with Gasteiger partial charge in [0.1, 0.15) is 5.75 Å². The van der Waals surface area contributed by atoms with Crippen LogP contribution in [0.1, 0.15) is 92.2 Å². The van der Waals surface area contributed by atoms with E-state index in [0.29, 0.717) is 5.92 Å². The van der Waals surface area contributed by atoms with Gasteiger partial charge in [-0.1, -0.05) is 62.4 Å². The highest BCUT2D eigenvalue weighted by atomic mass is 16.5. The lowest BCUT2D eigenvalue weighted by Gasteiger charge is -2.32. The molecule has 4 rings (SSSR count). The summed E-state index contributed by atoms with van der Waals surface area (Å²) in [6.07, 6.45) is 10.0. The minimum absolute atomic E-state index is 0.0310. The van der Waals surface area contributed by atoms with Crippen LogP contribution in [0.15, 0.2) is 48.5 Å². The van der Waals surface area contributed by atoms with Crippen molar-refractivity contribution in [2.45, 2.75) is 76.2 Å². The van der Waals surface area contributed by atoms with E-state index in [1.54, 1.807) is 24.3 Å². The minimum Gasteiger partial charge on any atom is -0.493 e. The molecule has 176 valence electrons. The van der Waals surface area contributed by atoms with Gasteiger partial charge in [-0.2, -0.15) is 0 Å². The average molecular weight is 450 g/mol. The van der Waals surface area contributed by atoms with Crippen molar-refractivity contribution >= 4 is 11.9 Å². The second kappa shape index (κ2) is 10.4. The molecule has 2 N–H and O–H groups in total. The van der Waals surface area contributed by atoms with Crippen LogP contribution in [-0.4, -0.2) is 23.6 Å². The Bertz CT molecular complexity index is 956. The molecule has 33 heavy (non-hydrogen) atoms. The highest BCUT2D eigenvalue weighted by molar-refractivity contribution is 5.90. The number of hydrogen-bond acceptors (Lipinski definition) is 3. The Hall–Kier alpha value is -2.82. The fourth-order valence-corrected chi connectivity index (χ4v) is 5.48. The monoisotopic (exact) mass is 449 g/mol. The predicted octanol–water partition coefficient (Wildman–Crippen LogP) is 6.03. The molecule has 0 saturated heterocycles. The van der Waals surface area contributed by atoms with Gasteiger partial charge < -0.3 is 15.2 Å². The first-order valence-electron chi connectivity index (χ1n) is 12.4. The van der Waals surface area contributed by atoms with E-state index in [0.717, 1.165) is 49.2 Å². The maximum Gasteiger partial charge on any atom is 0.335 e. The normalized spacial score (nSPS) is 19.1. The molecule has 1 unspecified atom stereocenters. The summed E-state index contributed by atoms with van der Waals surface area (Å²) in [5, 5.41) is 12.4. The van der Waals surface area contributed by atoms with Crippen molar-refractivity contribution in [2.75, 3.05) is 6.61 Å². The maximum atomic E-state index is 13.7. The molecule has 0 heterocycles. The molecular formula is C28H35NO4. The Balaban J connectivity index is 1.52. The summed E-state index contributed by atoms with van der Waals surface area (Å²) in [7, 11) is 0. The van der Waals surface area contributed by atoms with E-state index in [4.69, 9.17) is 9.84 Å². The fraction of sp³-hybridized carbons (Fsp3) is 0.500. The number of carbonyl (C=O) groups is 2. The summed E-state index contributed by atoms with van der Waals surface area (Å²) in [6.45, 7) is 2.67. The number of aromatic carboxylic acids is 1. The molecule has 2 saturated carbocycles. The molecule has 0 radical (unpaired) electrons. The molecule has 5 nitrogen and oxygen atoms in total. The van der Waals surface area contributed by atoms with Crippen LogP contribution in [0, 0.1) is 5.92 Å². The second-order valence-electron chi connectivity index (χ2n) is 9.72. The summed E-state index contributed by atoms with van der Waals surface area (Å²) < 4.78 is 6.35. The Morgan fingerprint density at radius 1 is 1.00 bits per heavy atom. The number of amides is 1. The van der Waals surface area contributed by atoms with Gasteiger partial charge in [-0.15, -0.1) is 0 Å². The van der Waals surface area contributed by atoms with Gasteiger partial charge in [-0.05, 0) is 62.3 Å². The second-order valence-corrected chi connectivity index (χ2v) is 9.72. The summed E-state index contributed by atoms with van der Waals surface area (Å²) in [5.41, 5.74) is 1.56. The van der Waals surface area contributed by atoms with Crippen LogP contribution < -0.4 is 10.1 Å². The van der Waals surface area contributed by atoms with Crippen LogP contribution in [0.3, 0.4) is 0 Å². The first-order valence-corrected chi connectivity index (χ1v) is 12.4. The molecule has 5 heteroatoms. The van der Waals surface area contributed by atoms with Crippen molar-refractivity contribution in [3.8, 4) is 5.75 Å². The van der Waals surface area contributed by atoms with Gasteiger partial charge in [0.25, 0.3) is 0 Å². The Morgan fingerprint density at radius 3 is 2.33 bits per heavy atom. The van der Waals surface area contributed by atoms with Crippen molar-refractivity contribution < 1.29 is 19.4 Å². The van der Waals surface area contributed by atoms with E-state index >= 15 is 0 Å². The SMILES string of the molecule is CC(NC(=O)C1(c2ccccc2OCC2CCCCC2)CCCC1)c1ccc(C(=O)O)cc1. The lowest BCUT2D eigenvalue weighted by atomic mass is 9.77. The van der Waals surface area contributed by atoms with Gasteiger partial charge in [-0.25, -0.2) is 4.79 Å². The van der Waals surface area contributed by atoms with E-state index in [9.17, 15) is 9.59 Å². The average Bonchev–Trinajstić information content (AvgIpc) is 3.35. The Kier molecular flexibility index (Phi) is 7.36. The lowest BCUT2D eigenvalue weighted by Crippen LogP contribution is -2.43. The van der Waals surface area contributed by atoms with Gasteiger partial charge in [0.2, 0.25) is 5.91 Å². The van der Waals surface area contributed by atoms with Crippen molar-refractivity contribution in [3.63, 3.8) is 0 Å². The van der Waals surface area contributed by atoms with Crippen molar-refractivity contribution in [3.05, 3.63) is 65.2 Å². The molecule has 2 aliphatic rings. The smallest absolute Gasteiger partial charge is 0.335 e. The molecule has 1 amide bonds. The standard InChI is InChI=1S/C28H35NO4/c1-20(22-13-15-23(16-14-22)26(30)31)29-27(32)28(17-7-8-18-28)24-11-5-6-12-25(24)33-19-21-9-3-2-4-10-21/h5-6,11-16,20-21H,2-4,7-10,17-19H2,1H3,(H,29,32)(H,30,31). The van der Waals surface area contributed by atoms with Crippen LogP contribution in [-0.2, 0) is 10.2 Å². The topological polar surface area (TPSA) is 75.6 Å². The van der Waals surface area contributed by atoms with E-state index in [1.165, 1.54) is 32.1 Å². The van der Waals surface area contributed by atoms with E-state index in [1.807, 2.05) is 25.1 Å². The van der Waals surface area contributed by atoms with E-state index in [2.05, 4.69) is 11.4 Å². The number of ether oxygens (including phenoxy) is 1. The molecule has 0 aromatic heterocycles. The summed E-state index contributed by atoms with van der Waals surface area (Å²) in [5.74, 6) is 0.532. The Morgan fingerprint density at radius 2 is 1.67 bits per heavy atom. The number of rotatable bonds is 8. The Labute approximate surface area is 196 Å². The van der Waals surface area contributed by atoms with Crippen LogP contribution in [0.25, 0.3) is 0 Å². The molecule has 1 atom stereocenters. The quantitative estimate of drug-likeness (QED) is 0.516. The highest BCUT2D eigenvalue weighted by Gasteiger charge is 2.45. The number of carboxylic acid groups (broad SMARTS) is 1. The molecule has 2 aromatic carbocycles. The number of carboxylic acids is 1. The number of nitrogens with one attached hydrogen (secondary N) is 1. The highest BCUT2D eigenvalue weighted by Crippen LogP contribution is 2.45. The van der Waals surface area contributed by atoms with Crippen LogP contribution >= 0.6 is 0 Å². The third kappa shape index (κ3) is 5.23. The molecule has 2 fully saturated rings. The first kappa shape index (κ1) is 23.3. The van der Waals surface area contributed by atoms with E-state index in [-0.39, 0.29) is 17.5 Å². The van der Waals surface area contributed by atoms with Gasteiger partial charge in [0, 0.05) is 5.56 Å². The zero-order chi connectivity index (χ0) is 23.3. The lowest BCUT2D eigenvalue weighted by molar-refractivity contribution is -0.127. The van der Waals surface area contributed by atoms with Gasteiger partial charge >= 0.3 is 5.97 Å². The number of benzene rings is 2. The van der Waals surface area contributed by atoms with Gasteiger partial charge in [0.05, 0.1) is 23.6 Å². The number of hydrogen-bond donors (Lipinski definition) is 2. The minimum atomic E-state index is -0.951. The molecular weight excluding hydrogens is 414 g/mol. The molecule has 0 aliphatic heterocycles. The fourth-order valence-electron chi connectivity index (χ4n) is 5.48. The van der Waals surface area contributed by atoms with E-state index < -0.39 is 11.4 Å². The third-order valence-electron chi connectivity index (χ3n) is 7.50. The molecule has 0 spiro atoms. The largest absolute Gasteiger partial charge is 0.493 e. The molecule has 0 bridgehead atoms. The van der Waals surface area contributed by atoms with Crippen LogP contribution in [0.2, 0.25) is 0 Å². The molecule has 2 aliphatic carbocycles. The van der Waals surface area contributed by atoms with Gasteiger partial charge in [-0.3, -0.25) is 4.79 Å². The van der Waals surface area contributed by atoms with Crippen LogP contribution in [0.4, 0.5) is 0 Å². The van der Waals surface area contributed by atoms with Crippen molar-refractivity contribution in [1.29, 1.82) is 0 Å². The zero-order valence-corrected chi connectivity index (χ0v) is 19.5. The summed E-state index contributed by atoms with van der Waals surface area (Å²) in [4.78, 5) is 24.9. The number of para-hydroxylation sites is 1. The summed E-state index contributed by atoms with van der Waals surface area (Å²) >= 11 is 0. The first-order chi connectivity index (χ1) is 16.0. The van der Waals surface area contributed by atoms with Crippen LogP contribution in [0.5, 0.6) is 5.75 Å². The third-order valence-corrected chi connectivity index (χ3v) is 7.50. The predicted molar refractivity (Wildman–Crippen MR) is 129 cm³/mol.